The lowest BCUT2D eigenvalue weighted by atomic mass is 9.82. The van der Waals surface area contributed by atoms with Gasteiger partial charge in [0.05, 0.1) is 28.2 Å². The second-order valence-corrected chi connectivity index (χ2v) is 11.9. The molecule has 0 spiro atoms. The first-order chi connectivity index (χ1) is 19.1. The van der Waals surface area contributed by atoms with Crippen molar-refractivity contribution in [2.24, 2.45) is 0 Å². The van der Waals surface area contributed by atoms with Gasteiger partial charge in [0.2, 0.25) is 16.5 Å². The predicted octanol–water partition coefficient (Wildman–Crippen LogP) is 3.52. The van der Waals surface area contributed by atoms with Crippen LogP contribution < -0.4 is 16.4 Å². The molecule has 0 fully saturated rings. The number of hydrogen-bond donors (Lipinski definition) is 5. The van der Waals surface area contributed by atoms with E-state index in [1.165, 1.54) is 36.4 Å². The van der Waals surface area contributed by atoms with Gasteiger partial charge in [0.25, 0.3) is 20.2 Å². The third-order valence-corrected chi connectivity index (χ3v) is 7.97. The van der Waals surface area contributed by atoms with Crippen molar-refractivity contribution in [3.63, 3.8) is 0 Å². The van der Waals surface area contributed by atoms with E-state index in [1.807, 2.05) is 0 Å². The molecule has 0 amide bonds. The van der Waals surface area contributed by atoms with Crippen LogP contribution in [0.15, 0.2) is 58.3 Å². The molecule has 1 aliphatic carbocycles. The van der Waals surface area contributed by atoms with Crippen LogP contribution in [0.1, 0.15) is 31.8 Å². The lowest BCUT2D eigenvalue weighted by Crippen LogP contribution is -2.25. The van der Waals surface area contributed by atoms with Crippen molar-refractivity contribution in [3.8, 4) is 0 Å². The summed E-state index contributed by atoms with van der Waals surface area (Å²) in [6, 6.07) is 10.00. The number of rotatable bonds is 6. The molecule has 0 saturated carbocycles. The van der Waals surface area contributed by atoms with Crippen molar-refractivity contribution >= 4 is 83.7 Å². The first-order valence-corrected chi connectivity index (χ1v) is 14.6. The van der Waals surface area contributed by atoms with Gasteiger partial charge in [-0.15, -0.1) is 0 Å². The maximum atomic E-state index is 13.5. The van der Waals surface area contributed by atoms with Gasteiger partial charge in [0.1, 0.15) is 9.79 Å². The van der Waals surface area contributed by atoms with Crippen molar-refractivity contribution < 1.29 is 35.5 Å². The van der Waals surface area contributed by atoms with Crippen molar-refractivity contribution in [2.75, 3.05) is 16.4 Å². The molecule has 0 radical (unpaired) electrons. The van der Waals surface area contributed by atoms with Gasteiger partial charge in [-0.3, -0.25) is 18.7 Å². The first-order valence-electron chi connectivity index (χ1n) is 11.0. The molecular weight excluding hydrogens is 623 g/mol. The largest absolute Gasteiger partial charge is 0.397 e. The van der Waals surface area contributed by atoms with Crippen LogP contribution in [-0.2, 0) is 20.2 Å². The second-order valence-electron chi connectivity index (χ2n) is 8.40. The van der Waals surface area contributed by atoms with Crippen molar-refractivity contribution in [3.05, 3.63) is 81.4 Å². The minimum atomic E-state index is -4.99. The molecule has 1 heterocycles. The Labute approximate surface area is 241 Å². The van der Waals surface area contributed by atoms with E-state index in [-0.39, 0.29) is 50.3 Å². The van der Waals surface area contributed by atoms with Crippen LogP contribution in [0.4, 0.5) is 28.7 Å². The lowest BCUT2D eigenvalue weighted by molar-refractivity contribution is 0.0980. The van der Waals surface area contributed by atoms with E-state index in [4.69, 9.17) is 28.9 Å². The van der Waals surface area contributed by atoms with Crippen LogP contribution in [0, 0.1) is 0 Å². The predicted molar refractivity (Wildman–Crippen MR) is 147 cm³/mol. The van der Waals surface area contributed by atoms with E-state index in [9.17, 15) is 35.5 Å². The van der Waals surface area contributed by atoms with E-state index in [0.29, 0.717) is 0 Å². The maximum Gasteiger partial charge on any atom is 0.296 e. The number of fused-ring (bicyclic) bond motifs is 2. The molecule has 18 heteroatoms. The van der Waals surface area contributed by atoms with E-state index in [1.54, 1.807) is 0 Å². The fraction of sp³-hybridized carbons (Fsp3) is 0. The normalized spacial score (nSPS) is 13.0. The Balaban J connectivity index is 1.67. The van der Waals surface area contributed by atoms with E-state index in [2.05, 4.69) is 25.6 Å². The molecule has 0 atom stereocenters. The van der Waals surface area contributed by atoms with E-state index in [0.717, 1.165) is 12.1 Å². The molecule has 0 saturated heterocycles. The molecule has 0 bridgehead atoms. The number of benzene rings is 3. The maximum absolute atomic E-state index is 13.5. The molecule has 1 aliphatic rings. The highest BCUT2D eigenvalue weighted by Gasteiger charge is 2.36. The quantitative estimate of drug-likeness (QED) is 0.132. The average molecular weight is 637 g/mol. The SMILES string of the molecule is Nc1c(S(=O)(=O)O)cc(Nc2ccc(Nc3nc(Cl)nc(Cl)n3)c(S(=O)(=O)O)c2)c2c1C(=O)c1ccccc1C2=O. The Hall–Kier alpha value is -4.19. The third kappa shape index (κ3) is 5.31. The number of nitrogens with zero attached hydrogens (tertiary/aromatic N) is 3. The summed E-state index contributed by atoms with van der Waals surface area (Å²) in [5.74, 6) is -1.72. The Morgan fingerprint density at radius 3 is 1.83 bits per heavy atom. The molecule has 4 aromatic rings. The monoisotopic (exact) mass is 636 g/mol. The molecule has 0 aliphatic heterocycles. The van der Waals surface area contributed by atoms with E-state index >= 15 is 0 Å². The van der Waals surface area contributed by atoms with Gasteiger partial charge in [-0.05, 0) is 47.5 Å². The highest BCUT2D eigenvalue weighted by molar-refractivity contribution is 7.86. The number of hydrogen-bond acceptors (Lipinski definition) is 12. The summed E-state index contributed by atoms with van der Waals surface area (Å²) in [6.45, 7) is 0. The summed E-state index contributed by atoms with van der Waals surface area (Å²) >= 11 is 11.5. The summed E-state index contributed by atoms with van der Waals surface area (Å²) in [5.41, 5.74) is 3.90. The minimum absolute atomic E-state index is 0.0138. The van der Waals surface area contributed by atoms with Gasteiger partial charge in [-0.1, -0.05) is 24.3 Å². The fourth-order valence-electron chi connectivity index (χ4n) is 4.18. The summed E-state index contributed by atoms with van der Waals surface area (Å²) in [6.07, 6.45) is 0. The zero-order valence-electron chi connectivity index (χ0n) is 20.0. The molecule has 0 unspecified atom stereocenters. The van der Waals surface area contributed by atoms with Crippen LogP contribution in [-0.4, -0.2) is 52.5 Å². The third-order valence-electron chi connectivity index (χ3n) is 5.84. The number of carbonyl (C=O) groups is 2. The standard InChI is InChI=1S/C23H14Cl2N6O8S2/c24-21-29-22(25)31-23(30-21)28-12-6-5-9(7-14(12)40(34,35)36)27-13-8-15(41(37,38)39)18(26)17-16(13)19(32)10-3-1-2-4-11(10)20(17)33/h1-8,27H,26H2,(H,34,35,36)(H,37,38,39)(H,28,29,30,31). The number of nitrogens with two attached hydrogens (primary N) is 1. The highest BCUT2D eigenvalue weighted by Crippen LogP contribution is 2.40. The highest BCUT2D eigenvalue weighted by atomic mass is 35.5. The molecule has 3 aromatic carbocycles. The number of nitrogens with one attached hydrogen (secondary N) is 2. The van der Waals surface area contributed by atoms with Gasteiger partial charge in [-0.25, -0.2) is 0 Å². The second kappa shape index (κ2) is 10.0. The molecule has 41 heavy (non-hydrogen) atoms. The summed E-state index contributed by atoms with van der Waals surface area (Å²) < 4.78 is 68.4. The topological polar surface area (TPSA) is 232 Å². The molecule has 5 rings (SSSR count). The summed E-state index contributed by atoms with van der Waals surface area (Å²) in [7, 11) is -9.91. The summed E-state index contributed by atoms with van der Waals surface area (Å²) in [5, 5.41) is 4.61. The zero-order valence-corrected chi connectivity index (χ0v) is 23.1. The first kappa shape index (κ1) is 28.3. The van der Waals surface area contributed by atoms with Crippen molar-refractivity contribution in [1.29, 1.82) is 0 Å². The number of ketones is 2. The molecule has 6 N–H and O–H groups in total. The molecule has 14 nitrogen and oxygen atoms in total. The summed E-state index contributed by atoms with van der Waals surface area (Å²) in [4.78, 5) is 36.3. The van der Waals surface area contributed by atoms with Gasteiger partial charge >= 0.3 is 0 Å². The van der Waals surface area contributed by atoms with E-state index < -0.39 is 52.8 Å². The van der Waals surface area contributed by atoms with Crippen LogP contribution in [0.2, 0.25) is 10.6 Å². The molecule has 1 aromatic heterocycles. The number of halogens is 2. The number of aromatic nitrogens is 3. The van der Waals surface area contributed by atoms with Crippen molar-refractivity contribution in [2.45, 2.75) is 9.79 Å². The number of carbonyl (C=O) groups excluding carboxylic acids is 2. The van der Waals surface area contributed by atoms with Gasteiger partial charge in [0, 0.05) is 16.8 Å². The Kier molecular flexibility index (Phi) is 6.93. The lowest BCUT2D eigenvalue weighted by Gasteiger charge is -2.24. The van der Waals surface area contributed by atoms with Crippen LogP contribution in [0.5, 0.6) is 0 Å². The smallest absolute Gasteiger partial charge is 0.296 e. The van der Waals surface area contributed by atoms with Gasteiger partial charge in [0.15, 0.2) is 11.6 Å². The number of anilines is 5. The molecular formula is C23H14Cl2N6O8S2. The number of nitrogen functional groups attached to an aromatic ring is 1. The zero-order chi connectivity index (χ0) is 29.9. The Bertz CT molecular complexity index is 2020. The van der Waals surface area contributed by atoms with Crippen molar-refractivity contribution in [1.82, 2.24) is 15.0 Å². The van der Waals surface area contributed by atoms with Gasteiger partial charge < -0.3 is 16.4 Å². The molecule has 210 valence electrons. The van der Waals surface area contributed by atoms with Gasteiger partial charge in [-0.2, -0.15) is 31.8 Å². The van der Waals surface area contributed by atoms with Crippen LogP contribution >= 0.6 is 23.2 Å². The fourth-order valence-corrected chi connectivity index (χ4v) is 5.86. The van der Waals surface area contributed by atoms with Crippen LogP contribution in [0.3, 0.4) is 0 Å². The minimum Gasteiger partial charge on any atom is -0.397 e. The Morgan fingerprint density at radius 2 is 1.27 bits per heavy atom. The van der Waals surface area contributed by atoms with Crippen LogP contribution in [0.25, 0.3) is 0 Å². The average Bonchev–Trinajstić information content (AvgIpc) is 2.87. The Morgan fingerprint density at radius 1 is 0.707 bits per heavy atom.